The first-order chi connectivity index (χ1) is 8.76. The molecule has 0 saturated heterocycles. The third-order valence-corrected chi connectivity index (χ3v) is 3.08. The Bertz CT molecular complexity index is 401. The molecule has 1 saturated carbocycles. The van der Waals surface area contributed by atoms with Crippen molar-refractivity contribution in [2.45, 2.75) is 32.2 Å². The number of hydrogen-bond donors (Lipinski definition) is 1. The summed E-state index contributed by atoms with van der Waals surface area (Å²) in [7, 11) is 0. The Kier molecular flexibility index (Phi) is 4.19. The molecule has 6 heteroatoms. The molecule has 0 radical (unpaired) electrons. The molecule has 0 amide bonds. The monoisotopic (exact) mass is 254 g/mol. The number of aliphatic hydroxyl groups excluding tert-OH is 1. The fourth-order valence-electron chi connectivity index (χ4n) is 1.94. The summed E-state index contributed by atoms with van der Waals surface area (Å²) < 4.78 is 10.2. The highest BCUT2D eigenvalue weighted by molar-refractivity contribution is 5.87. The van der Waals surface area contributed by atoms with Gasteiger partial charge in [-0.15, -0.1) is 0 Å². The molecule has 0 aromatic carbocycles. The second-order valence-corrected chi connectivity index (χ2v) is 4.24. The summed E-state index contributed by atoms with van der Waals surface area (Å²) in [6.07, 6.45) is 4.61. The van der Waals surface area contributed by atoms with Crippen molar-refractivity contribution < 1.29 is 19.1 Å². The smallest absolute Gasteiger partial charge is 0.360 e. The average Bonchev–Trinajstić information content (AvgIpc) is 2.75. The third kappa shape index (κ3) is 2.64. The quantitative estimate of drug-likeness (QED) is 0.769. The molecule has 1 aliphatic rings. The molecule has 1 aliphatic carbocycles. The van der Waals surface area contributed by atoms with E-state index in [0.29, 0.717) is 25.2 Å². The summed E-state index contributed by atoms with van der Waals surface area (Å²) in [5.74, 6) is -0.481. The van der Waals surface area contributed by atoms with Crippen LogP contribution in [-0.2, 0) is 4.74 Å². The van der Waals surface area contributed by atoms with Gasteiger partial charge in [0.2, 0.25) is 0 Å². The minimum atomic E-state index is -0.481. The molecule has 6 nitrogen and oxygen atoms in total. The first-order valence-corrected chi connectivity index (χ1v) is 6.26. The van der Waals surface area contributed by atoms with E-state index in [-0.39, 0.29) is 12.3 Å². The van der Waals surface area contributed by atoms with Crippen LogP contribution >= 0.6 is 0 Å². The zero-order chi connectivity index (χ0) is 13.0. The third-order valence-electron chi connectivity index (χ3n) is 3.08. The molecule has 1 aromatic rings. The van der Waals surface area contributed by atoms with Gasteiger partial charge in [0.15, 0.2) is 5.69 Å². The zero-order valence-electron chi connectivity index (χ0n) is 10.5. The lowest BCUT2D eigenvalue weighted by Crippen LogP contribution is -2.42. The van der Waals surface area contributed by atoms with Crippen molar-refractivity contribution in [3.63, 3.8) is 0 Å². The first-order valence-electron chi connectivity index (χ1n) is 6.26. The lowest BCUT2D eigenvalue weighted by molar-refractivity contribution is 0.0519. The molecule has 0 spiro atoms. The molecule has 1 aromatic heterocycles. The van der Waals surface area contributed by atoms with Crippen LogP contribution < -0.4 is 4.90 Å². The molecule has 0 aliphatic heterocycles. The van der Waals surface area contributed by atoms with Crippen LogP contribution in [0.4, 0.5) is 6.01 Å². The van der Waals surface area contributed by atoms with Crippen LogP contribution in [-0.4, -0.2) is 41.9 Å². The Labute approximate surface area is 106 Å². The number of ether oxygens (including phenoxy) is 1. The predicted molar refractivity (Wildman–Crippen MR) is 64.5 cm³/mol. The van der Waals surface area contributed by atoms with Crippen molar-refractivity contribution in [1.82, 2.24) is 4.98 Å². The number of aliphatic hydroxyl groups is 1. The molecule has 1 heterocycles. The first kappa shape index (κ1) is 12.9. The standard InChI is InChI=1S/C12H18N2O4/c1-2-17-11(16)10-8-18-12(13-10)14(6-7-15)9-4-3-5-9/h8-9,15H,2-7H2,1H3. The Morgan fingerprint density at radius 3 is 3.00 bits per heavy atom. The van der Waals surface area contributed by atoms with Gasteiger partial charge >= 0.3 is 5.97 Å². The molecule has 0 atom stereocenters. The highest BCUT2D eigenvalue weighted by atomic mass is 16.5. The normalized spacial score (nSPS) is 15.2. The Morgan fingerprint density at radius 2 is 2.44 bits per heavy atom. The SMILES string of the molecule is CCOC(=O)c1coc(N(CCO)C2CCC2)n1. The minimum Gasteiger partial charge on any atom is -0.461 e. The second kappa shape index (κ2) is 5.86. The summed E-state index contributed by atoms with van der Waals surface area (Å²) in [6, 6.07) is 0.739. The Hall–Kier alpha value is -1.56. The summed E-state index contributed by atoms with van der Waals surface area (Å²) in [5, 5.41) is 9.06. The molecular weight excluding hydrogens is 236 g/mol. The largest absolute Gasteiger partial charge is 0.461 e. The molecule has 100 valence electrons. The van der Waals surface area contributed by atoms with Crippen molar-refractivity contribution in [3.8, 4) is 0 Å². The van der Waals surface area contributed by atoms with Crippen LogP contribution in [0.25, 0.3) is 0 Å². The molecule has 1 N–H and O–H groups in total. The minimum absolute atomic E-state index is 0.0353. The Morgan fingerprint density at radius 1 is 1.67 bits per heavy atom. The van der Waals surface area contributed by atoms with Gasteiger partial charge in [-0.2, -0.15) is 4.98 Å². The summed E-state index contributed by atoms with van der Waals surface area (Å²) in [5.41, 5.74) is 0.175. The van der Waals surface area contributed by atoms with Crippen LogP contribution in [0.2, 0.25) is 0 Å². The van der Waals surface area contributed by atoms with E-state index in [1.54, 1.807) is 6.92 Å². The number of esters is 1. The van der Waals surface area contributed by atoms with E-state index >= 15 is 0 Å². The summed E-state index contributed by atoms with van der Waals surface area (Å²) in [4.78, 5) is 17.5. The van der Waals surface area contributed by atoms with Crippen LogP contribution in [0.5, 0.6) is 0 Å². The van der Waals surface area contributed by atoms with Crippen LogP contribution in [0.1, 0.15) is 36.7 Å². The van der Waals surface area contributed by atoms with Gasteiger partial charge in [0.1, 0.15) is 6.26 Å². The number of oxazole rings is 1. The van der Waals surface area contributed by atoms with E-state index in [9.17, 15) is 4.79 Å². The number of carbonyl (C=O) groups excluding carboxylic acids is 1. The van der Waals surface area contributed by atoms with E-state index in [1.165, 1.54) is 12.7 Å². The summed E-state index contributed by atoms with van der Waals surface area (Å²) >= 11 is 0. The highest BCUT2D eigenvalue weighted by Crippen LogP contribution is 2.28. The molecule has 0 unspecified atom stereocenters. The van der Waals surface area contributed by atoms with Crippen LogP contribution in [0, 0.1) is 0 Å². The maximum absolute atomic E-state index is 11.5. The lowest BCUT2D eigenvalue weighted by atomic mass is 9.92. The van der Waals surface area contributed by atoms with Gasteiger partial charge in [-0.3, -0.25) is 0 Å². The van der Waals surface area contributed by atoms with Crippen molar-refractivity contribution in [2.24, 2.45) is 0 Å². The number of nitrogens with zero attached hydrogens (tertiary/aromatic N) is 2. The molecular formula is C12H18N2O4. The fraction of sp³-hybridized carbons (Fsp3) is 0.667. The van der Waals surface area contributed by atoms with Gasteiger partial charge < -0.3 is 19.2 Å². The van der Waals surface area contributed by atoms with Crippen LogP contribution in [0.15, 0.2) is 10.7 Å². The van der Waals surface area contributed by atoms with Gasteiger partial charge in [-0.05, 0) is 26.2 Å². The number of aromatic nitrogens is 1. The maximum Gasteiger partial charge on any atom is 0.360 e. The topological polar surface area (TPSA) is 75.8 Å². The van der Waals surface area contributed by atoms with Crippen molar-refractivity contribution >= 4 is 12.0 Å². The summed E-state index contributed by atoms with van der Waals surface area (Å²) in [6.45, 7) is 2.55. The van der Waals surface area contributed by atoms with Gasteiger partial charge in [0.25, 0.3) is 6.01 Å². The molecule has 2 rings (SSSR count). The number of hydrogen-bond acceptors (Lipinski definition) is 6. The van der Waals surface area contributed by atoms with Crippen molar-refractivity contribution in [2.75, 3.05) is 24.7 Å². The Balaban J connectivity index is 2.08. The number of carbonyl (C=O) groups is 1. The van der Waals surface area contributed by atoms with Crippen LogP contribution in [0.3, 0.4) is 0 Å². The average molecular weight is 254 g/mol. The van der Waals surface area contributed by atoms with Gasteiger partial charge in [0, 0.05) is 12.6 Å². The van der Waals surface area contributed by atoms with Gasteiger partial charge in [-0.1, -0.05) is 0 Å². The van der Waals surface area contributed by atoms with E-state index in [2.05, 4.69) is 4.98 Å². The van der Waals surface area contributed by atoms with Gasteiger partial charge in [-0.25, -0.2) is 4.79 Å². The predicted octanol–water partition coefficient (Wildman–Crippen LogP) is 1.20. The second-order valence-electron chi connectivity index (χ2n) is 4.24. The maximum atomic E-state index is 11.5. The van der Waals surface area contributed by atoms with Crippen molar-refractivity contribution in [1.29, 1.82) is 0 Å². The van der Waals surface area contributed by atoms with E-state index in [4.69, 9.17) is 14.3 Å². The van der Waals surface area contributed by atoms with Crippen molar-refractivity contribution in [3.05, 3.63) is 12.0 Å². The molecule has 1 fully saturated rings. The molecule has 18 heavy (non-hydrogen) atoms. The van der Waals surface area contributed by atoms with E-state index < -0.39 is 5.97 Å². The fourth-order valence-corrected chi connectivity index (χ4v) is 1.94. The van der Waals surface area contributed by atoms with E-state index in [1.807, 2.05) is 4.90 Å². The number of anilines is 1. The zero-order valence-corrected chi connectivity index (χ0v) is 10.5. The number of rotatable bonds is 6. The highest BCUT2D eigenvalue weighted by Gasteiger charge is 2.28. The van der Waals surface area contributed by atoms with E-state index in [0.717, 1.165) is 12.8 Å². The lowest BCUT2D eigenvalue weighted by Gasteiger charge is -2.36. The molecule has 0 bridgehead atoms. The van der Waals surface area contributed by atoms with Gasteiger partial charge in [0.05, 0.1) is 13.2 Å².